The van der Waals surface area contributed by atoms with Crippen molar-refractivity contribution < 1.29 is 9.47 Å². The molecule has 112 valence electrons. The second kappa shape index (κ2) is 7.86. The molecule has 0 bridgehead atoms. The Morgan fingerprint density at radius 3 is 2.50 bits per heavy atom. The van der Waals surface area contributed by atoms with Crippen LogP contribution < -0.4 is 20.1 Å². The zero-order valence-corrected chi connectivity index (χ0v) is 13.8. The van der Waals surface area contributed by atoms with Crippen LogP contribution in [0.5, 0.6) is 11.5 Å². The lowest BCUT2D eigenvalue weighted by Gasteiger charge is -2.23. The number of halogens is 1. The minimum absolute atomic E-state index is 0.751. The third-order valence-electron chi connectivity index (χ3n) is 3.76. The zero-order valence-electron chi connectivity index (χ0n) is 12.2. The number of hydrogen-bond donors (Lipinski definition) is 2. The summed E-state index contributed by atoms with van der Waals surface area (Å²) in [6.45, 7) is 4.20. The van der Waals surface area contributed by atoms with Crippen molar-refractivity contribution >= 4 is 15.9 Å². The summed E-state index contributed by atoms with van der Waals surface area (Å²) < 4.78 is 11.7. The summed E-state index contributed by atoms with van der Waals surface area (Å²) >= 11 is 3.59. The predicted molar refractivity (Wildman–Crippen MR) is 84.5 cm³/mol. The molecule has 1 aliphatic heterocycles. The van der Waals surface area contributed by atoms with E-state index in [4.69, 9.17) is 9.47 Å². The van der Waals surface area contributed by atoms with E-state index in [0.29, 0.717) is 0 Å². The smallest absolute Gasteiger partial charge is 0.161 e. The number of ether oxygens (including phenoxy) is 2. The molecule has 2 rings (SSSR count). The predicted octanol–water partition coefficient (Wildman–Crippen LogP) is 2.56. The first-order valence-corrected chi connectivity index (χ1v) is 7.85. The van der Waals surface area contributed by atoms with Crippen LogP contribution in [0.3, 0.4) is 0 Å². The third kappa shape index (κ3) is 4.11. The molecule has 1 aliphatic rings. The van der Waals surface area contributed by atoms with E-state index >= 15 is 0 Å². The molecule has 2 N–H and O–H groups in total. The Kier molecular flexibility index (Phi) is 6.13. The largest absolute Gasteiger partial charge is 0.493 e. The SMILES string of the molecule is COc1cc(Br)c(CNCC2CCNCC2)cc1OC. The van der Waals surface area contributed by atoms with Crippen LogP contribution in [0.4, 0.5) is 0 Å². The summed E-state index contributed by atoms with van der Waals surface area (Å²) in [5, 5.41) is 6.94. The van der Waals surface area contributed by atoms with Crippen LogP contribution in [-0.4, -0.2) is 33.9 Å². The Morgan fingerprint density at radius 1 is 1.20 bits per heavy atom. The lowest BCUT2D eigenvalue weighted by molar-refractivity contribution is 0.351. The minimum Gasteiger partial charge on any atom is -0.493 e. The second-order valence-electron chi connectivity index (χ2n) is 5.12. The third-order valence-corrected chi connectivity index (χ3v) is 4.50. The highest BCUT2D eigenvalue weighted by atomic mass is 79.9. The van der Waals surface area contributed by atoms with Gasteiger partial charge in [0.1, 0.15) is 0 Å². The number of methoxy groups -OCH3 is 2. The molecule has 1 aromatic carbocycles. The molecule has 0 unspecified atom stereocenters. The Balaban J connectivity index is 1.91. The van der Waals surface area contributed by atoms with Gasteiger partial charge in [-0.3, -0.25) is 0 Å². The summed E-state index contributed by atoms with van der Waals surface area (Å²) in [5.41, 5.74) is 1.19. The van der Waals surface area contributed by atoms with Crippen molar-refractivity contribution in [1.82, 2.24) is 10.6 Å². The summed E-state index contributed by atoms with van der Waals surface area (Å²) in [6, 6.07) is 3.98. The minimum atomic E-state index is 0.751. The number of nitrogens with one attached hydrogen (secondary N) is 2. The summed E-state index contributed by atoms with van der Waals surface area (Å²) in [7, 11) is 3.32. The number of piperidine rings is 1. The molecule has 1 heterocycles. The molecule has 0 saturated carbocycles. The van der Waals surface area contributed by atoms with Crippen molar-refractivity contribution in [2.75, 3.05) is 33.9 Å². The monoisotopic (exact) mass is 342 g/mol. The van der Waals surface area contributed by atoms with E-state index in [2.05, 4.69) is 26.6 Å². The Bertz CT molecular complexity index is 434. The average Bonchev–Trinajstić information content (AvgIpc) is 2.49. The van der Waals surface area contributed by atoms with E-state index in [1.807, 2.05) is 12.1 Å². The fraction of sp³-hybridized carbons (Fsp3) is 0.600. The maximum atomic E-state index is 5.35. The fourth-order valence-corrected chi connectivity index (χ4v) is 2.99. The fourth-order valence-electron chi connectivity index (χ4n) is 2.53. The topological polar surface area (TPSA) is 42.5 Å². The van der Waals surface area contributed by atoms with Crippen LogP contribution in [0.2, 0.25) is 0 Å². The van der Waals surface area contributed by atoms with E-state index in [1.165, 1.54) is 18.4 Å². The van der Waals surface area contributed by atoms with Crippen LogP contribution in [-0.2, 0) is 6.54 Å². The highest BCUT2D eigenvalue weighted by Gasteiger charge is 2.13. The van der Waals surface area contributed by atoms with Crippen molar-refractivity contribution in [1.29, 1.82) is 0 Å². The zero-order chi connectivity index (χ0) is 14.4. The van der Waals surface area contributed by atoms with Gasteiger partial charge in [0.25, 0.3) is 0 Å². The molecule has 4 nitrogen and oxygen atoms in total. The molecule has 20 heavy (non-hydrogen) atoms. The number of benzene rings is 1. The second-order valence-corrected chi connectivity index (χ2v) is 5.98. The number of hydrogen-bond acceptors (Lipinski definition) is 4. The lowest BCUT2D eigenvalue weighted by Crippen LogP contribution is -2.33. The summed E-state index contributed by atoms with van der Waals surface area (Å²) in [4.78, 5) is 0. The molecular weight excluding hydrogens is 320 g/mol. The lowest BCUT2D eigenvalue weighted by atomic mass is 9.98. The van der Waals surface area contributed by atoms with E-state index in [9.17, 15) is 0 Å². The van der Waals surface area contributed by atoms with Gasteiger partial charge in [-0.05, 0) is 56.1 Å². The normalized spacial score (nSPS) is 16.1. The molecule has 0 radical (unpaired) electrons. The molecule has 1 aromatic rings. The quantitative estimate of drug-likeness (QED) is 0.833. The van der Waals surface area contributed by atoms with Crippen LogP contribution >= 0.6 is 15.9 Å². The van der Waals surface area contributed by atoms with Gasteiger partial charge in [-0.1, -0.05) is 15.9 Å². The van der Waals surface area contributed by atoms with Gasteiger partial charge in [-0.2, -0.15) is 0 Å². The van der Waals surface area contributed by atoms with Crippen LogP contribution in [0.25, 0.3) is 0 Å². The van der Waals surface area contributed by atoms with Gasteiger partial charge in [0, 0.05) is 11.0 Å². The van der Waals surface area contributed by atoms with Crippen molar-refractivity contribution in [2.24, 2.45) is 5.92 Å². The molecule has 0 aromatic heterocycles. The first-order valence-electron chi connectivity index (χ1n) is 7.06. The molecule has 1 fully saturated rings. The Hall–Kier alpha value is -0.780. The van der Waals surface area contributed by atoms with Crippen LogP contribution in [0.15, 0.2) is 16.6 Å². The van der Waals surface area contributed by atoms with Crippen molar-refractivity contribution in [3.8, 4) is 11.5 Å². The van der Waals surface area contributed by atoms with Gasteiger partial charge in [0.2, 0.25) is 0 Å². The first-order chi connectivity index (χ1) is 9.74. The molecule has 0 spiro atoms. The van der Waals surface area contributed by atoms with Crippen molar-refractivity contribution in [3.63, 3.8) is 0 Å². The molecule has 0 amide bonds. The van der Waals surface area contributed by atoms with Gasteiger partial charge in [-0.15, -0.1) is 0 Å². The molecule has 0 atom stereocenters. The average molecular weight is 343 g/mol. The Labute approximate surface area is 129 Å². The Morgan fingerprint density at radius 2 is 1.85 bits per heavy atom. The highest BCUT2D eigenvalue weighted by molar-refractivity contribution is 9.10. The van der Waals surface area contributed by atoms with Crippen LogP contribution in [0, 0.1) is 5.92 Å². The highest BCUT2D eigenvalue weighted by Crippen LogP contribution is 2.33. The summed E-state index contributed by atoms with van der Waals surface area (Å²) in [5.74, 6) is 2.31. The first kappa shape index (κ1) is 15.6. The van der Waals surface area contributed by atoms with Crippen molar-refractivity contribution in [2.45, 2.75) is 19.4 Å². The van der Waals surface area contributed by atoms with Gasteiger partial charge in [0.15, 0.2) is 11.5 Å². The number of rotatable bonds is 6. The summed E-state index contributed by atoms with van der Waals surface area (Å²) in [6.07, 6.45) is 2.53. The van der Waals surface area contributed by atoms with E-state index in [-0.39, 0.29) is 0 Å². The van der Waals surface area contributed by atoms with Gasteiger partial charge < -0.3 is 20.1 Å². The van der Waals surface area contributed by atoms with Gasteiger partial charge in [0.05, 0.1) is 14.2 Å². The molecular formula is C15H23BrN2O2. The van der Waals surface area contributed by atoms with E-state index in [1.54, 1.807) is 14.2 Å². The standard InChI is InChI=1S/C15H23BrN2O2/c1-19-14-7-12(13(16)8-15(14)20-2)10-18-9-11-3-5-17-6-4-11/h7-8,11,17-18H,3-6,9-10H2,1-2H3. The molecule has 1 saturated heterocycles. The van der Waals surface area contributed by atoms with Crippen molar-refractivity contribution in [3.05, 3.63) is 22.2 Å². The van der Waals surface area contributed by atoms with Gasteiger partial charge in [-0.25, -0.2) is 0 Å². The van der Waals surface area contributed by atoms with Gasteiger partial charge >= 0.3 is 0 Å². The molecule has 0 aliphatic carbocycles. The van der Waals surface area contributed by atoms with E-state index < -0.39 is 0 Å². The van der Waals surface area contributed by atoms with Crippen LogP contribution in [0.1, 0.15) is 18.4 Å². The maximum absolute atomic E-state index is 5.35. The van der Waals surface area contributed by atoms with E-state index in [0.717, 1.165) is 48.1 Å². The molecule has 5 heteroatoms. The maximum Gasteiger partial charge on any atom is 0.161 e.